The van der Waals surface area contributed by atoms with Crippen LogP contribution in [-0.2, 0) is 14.8 Å². The maximum Gasteiger partial charge on any atom is 0.338 e. The molecule has 0 atom stereocenters. The van der Waals surface area contributed by atoms with Crippen molar-refractivity contribution in [1.82, 2.24) is 0 Å². The summed E-state index contributed by atoms with van der Waals surface area (Å²) < 4.78 is 43.7. The molecule has 0 radical (unpaired) electrons. The largest absolute Gasteiger partial charge is 0.490 e. The fourth-order valence-corrected chi connectivity index (χ4v) is 3.51. The third-order valence-corrected chi connectivity index (χ3v) is 5.03. The van der Waals surface area contributed by atoms with Crippen molar-refractivity contribution in [3.05, 3.63) is 48.0 Å². The van der Waals surface area contributed by atoms with Crippen molar-refractivity contribution in [2.45, 2.75) is 18.2 Å². The quantitative estimate of drug-likeness (QED) is 0.806. The lowest BCUT2D eigenvalue weighted by atomic mass is 10.2. The van der Waals surface area contributed by atoms with Gasteiger partial charge in [0.25, 0.3) is 10.0 Å². The van der Waals surface area contributed by atoms with Gasteiger partial charge in [-0.2, -0.15) is 0 Å². The van der Waals surface area contributed by atoms with Gasteiger partial charge in [-0.1, -0.05) is 6.07 Å². The summed E-state index contributed by atoms with van der Waals surface area (Å²) in [4.78, 5) is 11.8. The van der Waals surface area contributed by atoms with E-state index in [1.807, 2.05) is 0 Å². The molecule has 0 fully saturated rings. The van der Waals surface area contributed by atoms with Crippen LogP contribution in [0, 0.1) is 0 Å². The van der Waals surface area contributed by atoms with Gasteiger partial charge in [0.05, 0.1) is 30.3 Å². The molecule has 0 unspecified atom stereocenters. The second-order valence-electron chi connectivity index (χ2n) is 5.57. The minimum atomic E-state index is -3.85. The number of carbonyl (C=O) groups excluding carboxylic acids is 1. The van der Waals surface area contributed by atoms with E-state index in [1.165, 1.54) is 18.2 Å². The summed E-state index contributed by atoms with van der Waals surface area (Å²) in [5, 5.41) is 0. The molecule has 0 aromatic heterocycles. The van der Waals surface area contributed by atoms with Crippen LogP contribution in [0.2, 0.25) is 0 Å². The number of esters is 1. The summed E-state index contributed by atoms with van der Waals surface area (Å²) in [6, 6.07) is 10.6. The lowest BCUT2D eigenvalue weighted by molar-refractivity contribution is 0.0526. The Morgan fingerprint density at radius 1 is 1.12 bits per heavy atom. The van der Waals surface area contributed by atoms with Gasteiger partial charge in [0.2, 0.25) is 0 Å². The van der Waals surface area contributed by atoms with Crippen LogP contribution >= 0.6 is 0 Å². The first-order valence-electron chi connectivity index (χ1n) is 8.19. The summed E-state index contributed by atoms with van der Waals surface area (Å²) in [5.74, 6) is 0.403. The van der Waals surface area contributed by atoms with Crippen LogP contribution < -0.4 is 14.2 Å². The number of fused-ring (bicyclic) bond motifs is 1. The molecule has 0 saturated heterocycles. The summed E-state index contributed by atoms with van der Waals surface area (Å²) in [7, 11) is -3.85. The van der Waals surface area contributed by atoms with Crippen molar-refractivity contribution in [3.63, 3.8) is 0 Å². The monoisotopic (exact) mass is 377 g/mol. The SMILES string of the molecule is CCOC(=O)c1cccc(NS(=O)(=O)c2ccc3c(c2)OCCCO3)c1. The number of carbonyl (C=O) groups is 1. The van der Waals surface area contributed by atoms with E-state index in [4.69, 9.17) is 14.2 Å². The van der Waals surface area contributed by atoms with E-state index < -0.39 is 16.0 Å². The lowest BCUT2D eigenvalue weighted by Gasteiger charge is -2.12. The molecule has 1 heterocycles. The van der Waals surface area contributed by atoms with Gasteiger partial charge in [0.1, 0.15) is 0 Å². The number of ether oxygens (including phenoxy) is 3. The normalized spacial score (nSPS) is 13.6. The zero-order valence-corrected chi connectivity index (χ0v) is 15.0. The van der Waals surface area contributed by atoms with E-state index in [1.54, 1.807) is 31.2 Å². The minimum absolute atomic E-state index is 0.0447. The van der Waals surface area contributed by atoms with Crippen molar-refractivity contribution in [1.29, 1.82) is 0 Å². The third kappa shape index (κ3) is 4.08. The Kier molecular flexibility index (Phi) is 5.32. The topological polar surface area (TPSA) is 90.9 Å². The smallest absolute Gasteiger partial charge is 0.338 e. The summed E-state index contributed by atoms with van der Waals surface area (Å²) in [6.07, 6.45) is 0.732. The molecular formula is C18H19NO6S. The van der Waals surface area contributed by atoms with Gasteiger partial charge in [-0.05, 0) is 37.3 Å². The first-order valence-corrected chi connectivity index (χ1v) is 9.67. The molecule has 0 saturated carbocycles. The molecule has 0 amide bonds. The molecule has 0 bridgehead atoms. The van der Waals surface area contributed by atoms with Crippen LogP contribution in [0.25, 0.3) is 0 Å². The molecule has 3 rings (SSSR count). The molecule has 1 aliphatic heterocycles. The van der Waals surface area contributed by atoms with Crippen LogP contribution in [0.5, 0.6) is 11.5 Å². The van der Waals surface area contributed by atoms with Crippen molar-refractivity contribution >= 4 is 21.7 Å². The van der Waals surface area contributed by atoms with Crippen LogP contribution in [0.4, 0.5) is 5.69 Å². The van der Waals surface area contributed by atoms with E-state index >= 15 is 0 Å². The van der Waals surface area contributed by atoms with Crippen molar-refractivity contribution in [3.8, 4) is 11.5 Å². The van der Waals surface area contributed by atoms with Gasteiger partial charge < -0.3 is 14.2 Å². The summed E-state index contributed by atoms with van der Waals surface area (Å²) in [5.41, 5.74) is 0.536. The number of anilines is 1. The van der Waals surface area contributed by atoms with Gasteiger partial charge in [-0.25, -0.2) is 13.2 Å². The molecule has 0 spiro atoms. The van der Waals surface area contributed by atoms with Crippen LogP contribution in [0.15, 0.2) is 47.4 Å². The van der Waals surface area contributed by atoms with Gasteiger partial charge in [0.15, 0.2) is 11.5 Å². The Morgan fingerprint density at radius 2 is 1.88 bits per heavy atom. The van der Waals surface area contributed by atoms with Crippen molar-refractivity contribution in [2.75, 3.05) is 24.5 Å². The maximum atomic E-state index is 12.7. The van der Waals surface area contributed by atoms with Crippen LogP contribution in [0.1, 0.15) is 23.7 Å². The molecule has 2 aromatic carbocycles. The van der Waals surface area contributed by atoms with Crippen LogP contribution in [-0.4, -0.2) is 34.2 Å². The van der Waals surface area contributed by atoms with Gasteiger partial charge >= 0.3 is 5.97 Å². The molecule has 1 N–H and O–H groups in total. The minimum Gasteiger partial charge on any atom is -0.490 e. The maximum absolute atomic E-state index is 12.7. The molecular weight excluding hydrogens is 358 g/mol. The Morgan fingerprint density at radius 3 is 2.65 bits per heavy atom. The Bertz CT molecular complexity index is 910. The third-order valence-electron chi connectivity index (χ3n) is 3.66. The predicted octanol–water partition coefficient (Wildman–Crippen LogP) is 2.83. The lowest BCUT2D eigenvalue weighted by Crippen LogP contribution is -2.14. The van der Waals surface area contributed by atoms with E-state index in [2.05, 4.69) is 4.72 Å². The van der Waals surface area contributed by atoms with Crippen molar-refractivity contribution in [2.24, 2.45) is 0 Å². The Hall–Kier alpha value is -2.74. The van der Waals surface area contributed by atoms with Crippen LogP contribution in [0.3, 0.4) is 0 Å². The number of nitrogens with one attached hydrogen (secondary N) is 1. The molecule has 2 aromatic rings. The van der Waals surface area contributed by atoms with E-state index in [0.717, 1.165) is 6.42 Å². The zero-order valence-electron chi connectivity index (χ0n) is 14.2. The first kappa shape index (κ1) is 18.1. The molecule has 0 aliphatic carbocycles. The second-order valence-corrected chi connectivity index (χ2v) is 7.25. The fraction of sp³-hybridized carbons (Fsp3) is 0.278. The highest BCUT2D eigenvalue weighted by Gasteiger charge is 2.19. The number of benzene rings is 2. The van der Waals surface area contributed by atoms with Crippen molar-refractivity contribution < 1.29 is 27.4 Å². The van der Waals surface area contributed by atoms with Gasteiger partial charge in [-0.3, -0.25) is 4.72 Å². The second kappa shape index (κ2) is 7.65. The fourth-order valence-electron chi connectivity index (χ4n) is 2.45. The molecule has 1 aliphatic rings. The first-order chi connectivity index (χ1) is 12.5. The predicted molar refractivity (Wildman–Crippen MR) is 95.3 cm³/mol. The summed E-state index contributed by atoms with van der Waals surface area (Å²) in [6.45, 7) is 2.93. The molecule has 26 heavy (non-hydrogen) atoms. The average Bonchev–Trinajstić information content (AvgIpc) is 2.86. The number of rotatable bonds is 5. The number of hydrogen-bond acceptors (Lipinski definition) is 6. The van der Waals surface area contributed by atoms with E-state index in [0.29, 0.717) is 24.7 Å². The van der Waals surface area contributed by atoms with Gasteiger partial charge in [0, 0.05) is 18.2 Å². The highest BCUT2D eigenvalue weighted by Crippen LogP contribution is 2.32. The van der Waals surface area contributed by atoms with E-state index in [9.17, 15) is 13.2 Å². The average molecular weight is 377 g/mol. The van der Waals surface area contributed by atoms with Gasteiger partial charge in [-0.15, -0.1) is 0 Å². The highest BCUT2D eigenvalue weighted by molar-refractivity contribution is 7.92. The highest BCUT2D eigenvalue weighted by atomic mass is 32.2. The standard InChI is InChI=1S/C18H19NO6S/c1-2-23-18(20)13-5-3-6-14(11-13)19-26(21,22)15-7-8-16-17(12-15)25-10-4-9-24-16/h3,5-8,11-12,19H,2,4,9-10H2,1H3. The molecule has 7 nitrogen and oxygen atoms in total. The Balaban J connectivity index is 1.84. The molecule has 8 heteroatoms. The summed E-state index contributed by atoms with van der Waals surface area (Å²) >= 11 is 0. The molecule has 138 valence electrons. The van der Waals surface area contributed by atoms with E-state index in [-0.39, 0.29) is 22.8 Å². The zero-order chi connectivity index (χ0) is 18.6. The Labute approximate surface area is 151 Å². The number of sulfonamides is 1. The number of hydrogen-bond donors (Lipinski definition) is 1.